The highest BCUT2D eigenvalue weighted by Gasteiger charge is 2.32. The second-order valence-electron chi connectivity index (χ2n) is 8.13. The number of hydrogen-bond donors (Lipinski definition) is 1. The van der Waals surface area contributed by atoms with E-state index in [1.54, 1.807) is 36.4 Å². The standard InChI is InChI=1S/C22H24N6O5S/c29-22(24-17-2-4-18(5-3-17)28-15-23-25-26-28)16-8-10-27(11-9-16)34(30,31)19-6-7-20-21(14-19)33-13-1-12-32-20/h2-7,14-16H,1,8-13H2,(H,24,29). The van der Waals surface area contributed by atoms with Gasteiger partial charge in [0.1, 0.15) is 6.33 Å². The molecule has 1 fully saturated rings. The minimum absolute atomic E-state index is 0.122. The molecule has 178 valence electrons. The number of amides is 1. The molecule has 0 radical (unpaired) electrons. The molecule has 3 aromatic rings. The van der Waals surface area contributed by atoms with Crippen LogP contribution in [0, 0.1) is 5.92 Å². The topological polar surface area (TPSA) is 129 Å². The van der Waals surface area contributed by atoms with Crippen LogP contribution in [0.15, 0.2) is 53.7 Å². The highest BCUT2D eigenvalue weighted by molar-refractivity contribution is 7.89. The number of hydrogen-bond acceptors (Lipinski definition) is 8. The number of carbonyl (C=O) groups excluding carboxylic acids is 1. The Balaban J connectivity index is 1.19. The minimum atomic E-state index is -3.69. The molecule has 1 aromatic heterocycles. The van der Waals surface area contributed by atoms with Crippen LogP contribution in [-0.2, 0) is 14.8 Å². The smallest absolute Gasteiger partial charge is 0.243 e. The molecule has 5 rings (SSSR count). The van der Waals surface area contributed by atoms with E-state index in [0.29, 0.717) is 43.2 Å². The van der Waals surface area contributed by atoms with Crippen LogP contribution in [0.1, 0.15) is 19.3 Å². The van der Waals surface area contributed by atoms with Crippen molar-refractivity contribution in [3.05, 3.63) is 48.8 Å². The Labute approximate surface area is 196 Å². The van der Waals surface area contributed by atoms with Gasteiger partial charge in [-0.1, -0.05) is 0 Å². The Morgan fingerprint density at radius 2 is 1.74 bits per heavy atom. The molecule has 2 aromatic carbocycles. The maximum absolute atomic E-state index is 13.2. The quantitative estimate of drug-likeness (QED) is 0.581. The van der Waals surface area contributed by atoms with Gasteiger partial charge in [-0.25, -0.2) is 13.1 Å². The fourth-order valence-electron chi connectivity index (χ4n) is 4.03. The van der Waals surface area contributed by atoms with Crippen LogP contribution < -0.4 is 14.8 Å². The normalized spacial score (nSPS) is 17.2. The first-order valence-electron chi connectivity index (χ1n) is 11.0. The average Bonchev–Trinajstić information content (AvgIpc) is 3.29. The molecule has 2 aliphatic rings. The van der Waals surface area contributed by atoms with Crippen molar-refractivity contribution in [1.82, 2.24) is 24.5 Å². The Hall–Kier alpha value is -3.51. The first kappa shape index (κ1) is 22.3. The SMILES string of the molecule is O=C(Nc1ccc(-n2cnnn2)cc1)C1CCN(S(=O)(=O)c2ccc3c(c2)OCCCO3)CC1. The molecule has 0 spiro atoms. The van der Waals surface area contributed by atoms with Gasteiger partial charge in [-0.05, 0) is 59.7 Å². The lowest BCUT2D eigenvalue weighted by molar-refractivity contribution is -0.120. The lowest BCUT2D eigenvalue weighted by Gasteiger charge is -2.30. The molecule has 0 bridgehead atoms. The zero-order chi connectivity index (χ0) is 23.5. The van der Waals surface area contributed by atoms with Gasteiger partial charge >= 0.3 is 0 Å². The summed E-state index contributed by atoms with van der Waals surface area (Å²) < 4.78 is 40.5. The molecule has 0 saturated carbocycles. The number of ether oxygens (including phenoxy) is 2. The van der Waals surface area contributed by atoms with Crippen molar-refractivity contribution in [2.45, 2.75) is 24.2 Å². The maximum atomic E-state index is 13.2. The van der Waals surface area contributed by atoms with Gasteiger partial charge in [0, 0.05) is 37.2 Å². The molecule has 11 nitrogen and oxygen atoms in total. The summed E-state index contributed by atoms with van der Waals surface area (Å²) in [4.78, 5) is 12.9. The number of rotatable bonds is 5. The molecule has 0 atom stereocenters. The number of tetrazole rings is 1. The molecule has 3 heterocycles. The van der Waals surface area contributed by atoms with E-state index >= 15 is 0 Å². The average molecular weight is 485 g/mol. The summed E-state index contributed by atoms with van der Waals surface area (Å²) >= 11 is 0. The van der Waals surface area contributed by atoms with E-state index in [4.69, 9.17) is 9.47 Å². The summed E-state index contributed by atoms with van der Waals surface area (Å²) in [6.45, 7) is 1.57. The van der Waals surface area contributed by atoms with Crippen molar-refractivity contribution in [1.29, 1.82) is 0 Å². The minimum Gasteiger partial charge on any atom is -0.490 e. The third-order valence-electron chi connectivity index (χ3n) is 5.93. The Kier molecular flexibility index (Phi) is 6.16. The molecule has 1 saturated heterocycles. The second kappa shape index (κ2) is 9.39. The van der Waals surface area contributed by atoms with E-state index in [1.165, 1.54) is 21.4 Å². The number of sulfonamides is 1. The van der Waals surface area contributed by atoms with E-state index in [0.717, 1.165) is 12.1 Å². The Bertz CT molecular complexity index is 1260. The first-order chi connectivity index (χ1) is 16.5. The molecule has 1 N–H and O–H groups in total. The summed E-state index contributed by atoms with van der Waals surface area (Å²) in [6, 6.07) is 11.9. The predicted molar refractivity (Wildman–Crippen MR) is 121 cm³/mol. The van der Waals surface area contributed by atoms with Crippen molar-refractivity contribution >= 4 is 21.6 Å². The summed E-state index contributed by atoms with van der Waals surface area (Å²) in [6.07, 6.45) is 3.12. The third-order valence-corrected chi connectivity index (χ3v) is 7.82. The van der Waals surface area contributed by atoms with Crippen LogP contribution in [0.5, 0.6) is 11.5 Å². The summed E-state index contributed by atoms with van der Waals surface area (Å²) in [5.74, 6) is 0.606. The van der Waals surface area contributed by atoms with Crippen LogP contribution >= 0.6 is 0 Å². The van der Waals surface area contributed by atoms with Gasteiger partial charge in [0.2, 0.25) is 15.9 Å². The third kappa shape index (κ3) is 4.59. The Morgan fingerprint density at radius 1 is 1.00 bits per heavy atom. The van der Waals surface area contributed by atoms with Crippen LogP contribution in [0.25, 0.3) is 5.69 Å². The zero-order valence-corrected chi connectivity index (χ0v) is 19.1. The molecule has 2 aliphatic heterocycles. The molecule has 0 aliphatic carbocycles. The van der Waals surface area contributed by atoms with Crippen LogP contribution in [0.3, 0.4) is 0 Å². The fraction of sp³-hybridized carbons (Fsp3) is 0.364. The number of piperidine rings is 1. The number of nitrogens with zero attached hydrogens (tertiary/aromatic N) is 5. The van der Waals surface area contributed by atoms with Crippen molar-refractivity contribution in [3.63, 3.8) is 0 Å². The van der Waals surface area contributed by atoms with Gasteiger partial charge in [0.05, 0.1) is 23.8 Å². The number of aromatic nitrogens is 4. The highest BCUT2D eigenvalue weighted by Crippen LogP contribution is 2.34. The van der Waals surface area contributed by atoms with Crippen LogP contribution in [0.2, 0.25) is 0 Å². The Morgan fingerprint density at radius 3 is 2.44 bits per heavy atom. The fourth-order valence-corrected chi connectivity index (χ4v) is 5.52. The zero-order valence-electron chi connectivity index (χ0n) is 18.3. The monoisotopic (exact) mass is 484 g/mol. The number of fused-ring (bicyclic) bond motifs is 1. The summed E-state index contributed by atoms with van der Waals surface area (Å²) in [5.41, 5.74) is 1.43. The number of nitrogens with one attached hydrogen (secondary N) is 1. The van der Waals surface area contributed by atoms with E-state index in [-0.39, 0.29) is 29.8 Å². The maximum Gasteiger partial charge on any atom is 0.243 e. The van der Waals surface area contributed by atoms with E-state index in [1.807, 2.05) is 0 Å². The first-order valence-corrected chi connectivity index (χ1v) is 12.5. The molecule has 34 heavy (non-hydrogen) atoms. The molecule has 0 unspecified atom stereocenters. The van der Waals surface area contributed by atoms with Crippen molar-refractivity contribution in [2.24, 2.45) is 5.92 Å². The van der Waals surface area contributed by atoms with Crippen molar-refractivity contribution in [3.8, 4) is 17.2 Å². The van der Waals surface area contributed by atoms with Gasteiger partial charge < -0.3 is 14.8 Å². The van der Waals surface area contributed by atoms with Crippen LogP contribution in [-0.4, -0.2) is 65.1 Å². The molecule has 12 heteroatoms. The summed E-state index contributed by atoms with van der Waals surface area (Å²) in [7, 11) is -3.69. The predicted octanol–water partition coefficient (Wildman–Crippen LogP) is 1.86. The van der Waals surface area contributed by atoms with Gasteiger partial charge in [-0.2, -0.15) is 4.31 Å². The van der Waals surface area contributed by atoms with E-state index in [9.17, 15) is 13.2 Å². The lowest BCUT2D eigenvalue weighted by Crippen LogP contribution is -2.41. The van der Waals surface area contributed by atoms with Gasteiger partial charge in [-0.15, -0.1) is 5.10 Å². The van der Waals surface area contributed by atoms with Crippen molar-refractivity contribution in [2.75, 3.05) is 31.6 Å². The van der Waals surface area contributed by atoms with E-state index < -0.39 is 10.0 Å². The second-order valence-corrected chi connectivity index (χ2v) is 10.1. The molecular formula is C22H24N6O5S. The number of carbonyl (C=O) groups is 1. The largest absolute Gasteiger partial charge is 0.490 e. The number of benzene rings is 2. The molecule has 1 amide bonds. The van der Waals surface area contributed by atoms with Gasteiger partial charge in [0.15, 0.2) is 11.5 Å². The summed E-state index contributed by atoms with van der Waals surface area (Å²) in [5, 5.41) is 13.9. The highest BCUT2D eigenvalue weighted by atomic mass is 32.2. The molecular weight excluding hydrogens is 460 g/mol. The van der Waals surface area contributed by atoms with Gasteiger partial charge in [0.25, 0.3) is 0 Å². The number of anilines is 1. The van der Waals surface area contributed by atoms with Crippen molar-refractivity contribution < 1.29 is 22.7 Å². The lowest BCUT2D eigenvalue weighted by atomic mass is 9.97. The van der Waals surface area contributed by atoms with E-state index in [2.05, 4.69) is 20.8 Å². The van der Waals surface area contributed by atoms with Gasteiger partial charge in [-0.3, -0.25) is 4.79 Å². The van der Waals surface area contributed by atoms with Crippen LogP contribution in [0.4, 0.5) is 5.69 Å².